The largest absolute Gasteiger partial charge is 0.465 e. The van der Waals surface area contributed by atoms with Crippen LogP contribution in [0.5, 0.6) is 0 Å². The van der Waals surface area contributed by atoms with Gasteiger partial charge >= 0.3 is 5.97 Å². The number of ether oxygens (including phenoxy) is 1. The molecule has 0 aliphatic rings. The van der Waals surface area contributed by atoms with Crippen LogP contribution in [0.4, 0.5) is 0 Å². The number of nitriles is 1. The first-order chi connectivity index (χ1) is 8.40. The van der Waals surface area contributed by atoms with Gasteiger partial charge in [-0.1, -0.05) is 49.1 Å². The highest BCUT2D eigenvalue weighted by Gasteiger charge is 2.22. The monoisotopic (exact) mass is 261 g/mol. The lowest BCUT2D eigenvalue weighted by molar-refractivity contribution is -0.143. The number of benzene rings is 1. The van der Waals surface area contributed by atoms with Crippen LogP contribution in [-0.2, 0) is 9.53 Å². The number of rotatable bonds is 4. The third-order valence-corrected chi connectivity index (χ3v) is 4.83. The fourth-order valence-corrected chi connectivity index (χ4v) is 2.83. The molecule has 0 spiro atoms. The molecule has 1 aromatic rings. The summed E-state index contributed by atoms with van der Waals surface area (Å²) in [6, 6.07) is 9.75. The lowest BCUT2D eigenvalue weighted by Gasteiger charge is -2.17. The van der Waals surface area contributed by atoms with Gasteiger partial charge < -0.3 is 4.74 Å². The zero-order valence-electron chi connectivity index (χ0n) is 11.4. The number of nitrogens with zero attached hydrogens (tertiary/aromatic N) is 1. The first-order valence-electron chi connectivity index (χ1n) is 6.07. The Kier molecular flexibility index (Phi) is 4.68. The van der Waals surface area contributed by atoms with Crippen LogP contribution in [0, 0.1) is 11.3 Å². The predicted octanol–water partition coefficient (Wildman–Crippen LogP) is 2.40. The Morgan fingerprint density at radius 2 is 1.89 bits per heavy atom. The van der Waals surface area contributed by atoms with E-state index in [9.17, 15) is 4.79 Å². The van der Waals surface area contributed by atoms with Crippen LogP contribution in [0.15, 0.2) is 24.3 Å². The van der Waals surface area contributed by atoms with E-state index in [-0.39, 0.29) is 0 Å². The molecule has 0 bridgehead atoms. The number of esters is 1. The molecule has 0 aliphatic carbocycles. The molecule has 0 saturated heterocycles. The molecule has 0 amide bonds. The van der Waals surface area contributed by atoms with Gasteiger partial charge in [-0.3, -0.25) is 4.79 Å². The van der Waals surface area contributed by atoms with E-state index in [2.05, 4.69) is 19.6 Å². The summed E-state index contributed by atoms with van der Waals surface area (Å²) in [4.78, 5) is 11.6. The second-order valence-corrected chi connectivity index (χ2v) is 10.3. The molecular weight excluding hydrogens is 242 g/mol. The summed E-state index contributed by atoms with van der Waals surface area (Å²) in [5.74, 6) is -1.29. The van der Waals surface area contributed by atoms with Crippen molar-refractivity contribution in [3.05, 3.63) is 29.8 Å². The van der Waals surface area contributed by atoms with Crippen molar-refractivity contribution in [2.24, 2.45) is 0 Å². The van der Waals surface area contributed by atoms with Gasteiger partial charge in [-0.15, -0.1) is 0 Å². The van der Waals surface area contributed by atoms with Crippen LogP contribution in [0.2, 0.25) is 19.6 Å². The van der Waals surface area contributed by atoms with Gasteiger partial charge in [0.05, 0.1) is 20.7 Å². The van der Waals surface area contributed by atoms with Crippen molar-refractivity contribution in [3.63, 3.8) is 0 Å². The van der Waals surface area contributed by atoms with Gasteiger partial charge in [0.1, 0.15) is 0 Å². The highest BCUT2D eigenvalue weighted by Crippen LogP contribution is 2.16. The summed E-state index contributed by atoms with van der Waals surface area (Å²) in [5, 5.41) is 10.4. The SMILES string of the molecule is CCOC(=O)C(C#N)c1ccc([Si](C)(C)C)cc1. The molecule has 0 aliphatic heterocycles. The zero-order chi connectivity index (χ0) is 13.8. The predicted molar refractivity (Wildman–Crippen MR) is 74.4 cm³/mol. The van der Waals surface area contributed by atoms with Crippen LogP contribution >= 0.6 is 0 Å². The maximum Gasteiger partial charge on any atom is 0.327 e. The zero-order valence-corrected chi connectivity index (χ0v) is 12.4. The molecule has 96 valence electrons. The van der Waals surface area contributed by atoms with Crippen LogP contribution in [0.1, 0.15) is 18.4 Å². The lowest BCUT2D eigenvalue weighted by atomic mass is 10.0. The topological polar surface area (TPSA) is 50.1 Å². The van der Waals surface area contributed by atoms with Gasteiger partial charge in [0.2, 0.25) is 0 Å². The maximum atomic E-state index is 11.6. The van der Waals surface area contributed by atoms with E-state index in [1.807, 2.05) is 30.3 Å². The van der Waals surface area contributed by atoms with E-state index >= 15 is 0 Å². The van der Waals surface area contributed by atoms with E-state index in [0.29, 0.717) is 12.2 Å². The van der Waals surface area contributed by atoms with E-state index in [1.54, 1.807) is 6.92 Å². The van der Waals surface area contributed by atoms with E-state index in [1.165, 1.54) is 5.19 Å². The summed E-state index contributed by atoms with van der Waals surface area (Å²) < 4.78 is 4.89. The average molecular weight is 261 g/mol. The van der Waals surface area contributed by atoms with E-state index in [4.69, 9.17) is 10.00 Å². The number of carbonyl (C=O) groups is 1. The average Bonchev–Trinajstić information content (AvgIpc) is 2.30. The van der Waals surface area contributed by atoms with Gasteiger partial charge in [0.25, 0.3) is 0 Å². The quantitative estimate of drug-likeness (QED) is 0.617. The summed E-state index contributed by atoms with van der Waals surface area (Å²) in [5.41, 5.74) is 0.706. The van der Waals surface area contributed by atoms with E-state index in [0.717, 1.165) is 0 Å². The first-order valence-corrected chi connectivity index (χ1v) is 9.57. The fourth-order valence-electron chi connectivity index (χ4n) is 1.66. The van der Waals surface area contributed by atoms with Crippen LogP contribution in [0.25, 0.3) is 0 Å². The van der Waals surface area contributed by atoms with Gasteiger partial charge in [-0.25, -0.2) is 0 Å². The molecule has 4 heteroatoms. The Morgan fingerprint density at radius 1 is 1.33 bits per heavy atom. The molecule has 0 heterocycles. The standard InChI is InChI=1S/C14H19NO2Si/c1-5-17-14(16)13(10-15)11-6-8-12(9-7-11)18(2,3)4/h6-9,13H,5H2,1-4H3. The van der Waals surface area contributed by atoms with Crippen molar-refractivity contribution in [2.45, 2.75) is 32.5 Å². The highest BCUT2D eigenvalue weighted by molar-refractivity contribution is 6.88. The van der Waals surface area contributed by atoms with Gasteiger partial charge in [0, 0.05) is 0 Å². The Hall–Kier alpha value is -1.60. The van der Waals surface area contributed by atoms with Crippen molar-refractivity contribution < 1.29 is 9.53 Å². The van der Waals surface area contributed by atoms with Crippen molar-refractivity contribution >= 4 is 19.2 Å². The Balaban J connectivity index is 2.97. The van der Waals surface area contributed by atoms with Crippen molar-refractivity contribution in [1.82, 2.24) is 0 Å². The molecule has 1 atom stereocenters. The minimum Gasteiger partial charge on any atom is -0.465 e. The molecular formula is C14H19NO2Si. The first kappa shape index (κ1) is 14.5. The normalized spacial score (nSPS) is 12.6. The minimum atomic E-state index is -1.34. The Labute approximate surface area is 109 Å². The molecule has 0 aromatic heterocycles. The van der Waals surface area contributed by atoms with Crippen LogP contribution < -0.4 is 5.19 Å². The minimum absolute atomic E-state index is 0.296. The molecule has 1 rings (SSSR count). The molecule has 0 saturated carbocycles. The fraction of sp³-hybridized carbons (Fsp3) is 0.429. The van der Waals surface area contributed by atoms with Crippen molar-refractivity contribution in [2.75, 3.05) is 6.61 Å². The number of carbonyl (C=O) groups excluding carboxylic acids is 1. The van der Waals surface area contributed by atoms with E-state index < -0.39 is 20.0 Å². The van der Waals surface area contributed by atoms with Gasteiger partial charge in [-0.05, 0) is 12.5 Å². The summed E-state index contributed by atoms with van der Waals surface area (Å²) in [6.45, 7) is 8.81. The maximum absolute atomic E-state index is 11.6. The van der Waals surface area contributed by atoms with Crippen molar-refractivity contribution in [1.29, 1.82) is 5.26 Å². The molecule has 1 aromatic carbocycles. The van der Waals surface area contributed by atoms with Gasteiger partial charge in [-0.2, -0.15) is 5.26 Å². The second-order valence-electron chi connectivity index (χ2n) is 5.19. The molecule has 18 heavy (non-hydrogen) atoms. The van der Waals surface area contributed by atoms with Crippen LogP contribution in [-0.4, -0.2) is 20.7 Å². The third kappa shape index (κ3) is 3.44. The summed E-state index contributed by atoms with van der Waals surface area (Å²) >= 11 is 0. The highest BCUT2D eigenvalue weighted by atomic mass is 28.3. The van der Waals surface area contributed by atoms with Gasteiger partial charge in [0.15, 0.2) is 5.92 Å². The van der Waals surface area contributed by atoms with Crippen LogP contribution in [0.3, 0.4) is 0 Å². The molecule has 0 radical (unpaired) electrons. The molecule has 0 fully saturated rings. The Morgan fingerprint density at radius 3 is 2.28 bits per heavy atom. The molecule has 1 unspecified atom stereocenters. The third-order valence-electron chi connectivity index (χ3n) is 2.76. The summed E-state index contributed by atoms with van der Waals surface area (Å²) in [7, 11) is -1.34. The molecule has 3 nitrogen and oxygen atoms in total. The number of hydrogen-bond donors (Lipinski definition) is 0. The second kappa shape index (κ2) is 5.83. The smallest absolute Gasteiger partial charge is 0.327 e. The summed E-state index contributed by atoms with van der Waals surface area (Å²) in [6.07, 6.45) is 0. The Bertz CT molecular complexity index is 454. The number of hydrogen-bond acceptors (Lipinski definition) is 3. The molecule has 0 N–H and O–H groups in total. The lowest BCUT2D eigenvalue weighted by Crippen LogP contribution is -2.37. The van der Waals surface area contributed by atoms with Crippen molar-refractivity contribution in [3.8, 4) is 6.07 Å².